The van der Waals surface area contributed by atoms with Gasteiger partial charge in [0.2, 0.25) is 11.8 Å². The molecule has 0 radical (unpaired) electrons. The van der Waals surface area contributed by atoms with Crippen LogP contribution in [0.3, 0.4) is 0 Å². The number of rotatable bonds is 3. The number of benzene rings is 1. The van der Waals surface area contributed by atoms with Gasteiger partial charge < -0.3 is 20.1 Å². The summed E-state index contributed by atoms with van der Waals surface area (Å²) in [5.74, 6) is 0.184. The van der Waals surface area contributed by atoms with Crippen molar-refractivity contribution >= 4 is 23.2 Å². The third kappa shape index (κ3) is 2.85. The van der Waals surface area contributed by atoms with Crippen LogP contribution in [-0.4, -0.2) is 36.7 Å². The lowest BCUT2D eigenvalue weighted by Crippen LogP contribution is -2.26. The van der Waals surface area contributed by atoms with Crippen LogP contribution < -0.4 is 15.0 Å². The Morgan fingerprint density at radius 3 is 2.79 bits per heavy atom. The molecule has 0 aliphatic carbocycles. The quantitative estimate of drug-likeness (QED) is 0.844. The molecular weight excluding hydrogens is 248 g/mol. The molecule has 2 amide bonds. The van der Waals surface area contributed by atoms with Crippen LogP contribution in [0, 0.1) is 0 Å². The first-order chi connectivity index (χ1) is 9.01. The number of aliphatic hydroxyl groups excluding tert-OH is 1. The van der Waals surface area contributed by atoms with Crippen molar-refractivity contribution in [1.29, 1.82) is 0 Å². The zero-order chi connectivity index (χ0) is 14.0. The van der Waals surface area contributed by atoms with E-state index in [0.717, 1.165) is 0 Å². The number of hydrogen-bond donors (Lipinski definition) is 2. The molecule has 1 aliphatic heterocycles. The standard InChI is InChI=1S/C13H16N2O4/c1-8(16)14-11-4-3-10(19-2)6-12(11)15-7-9(17)5-13(15)18/h3-4,6,9,17H,5,7H2,1-2H3,(H,14,16). The second-order valence-corrected chi connectivity index (χ2v) is 4.43. The summed E-state index contributed by atoms with van der Waals surface area (Å²) in [5.41, 5.74) is 1.06. The van der Waals surface area contributed by atoms with Gasteiger partial charge in [0, 0.05) is 13.0 Å². The molecular formula is C13H16N2O4. The number of aliphatic hydroxyl groups is 1. The summed E-state index contributed by atoms with van der Waals surface area (Å²) in [6.07, 6.45) is -0.583. The molecule has 19 heavy (non-hydrogen) atoms. The van der Waals surface area contributed by atoms with E-state index in [0.29, 0.717) is 17.1 Å². The topological polar surface area (TPSA) is 78.9 Å². The highest BCUT2D eigenvalue weighted by Gasteiger charge is 2.30. The van der Waals surface area contributed by atoms with Gasteiger partial charge in [0.1, 0.15) is 5.75 Å². The lowest BCUT2D eigenvalue weighted by molar-refractivity contribution is -0.117. The van der Waals surface area contributed by atoms with Crippen LogP contribution in [0.1, 0.15) is 13.3 Å². The highest BCUT2D eigenvalue weighted by Crippen LogP contribution is 2.33. The van der Waals surface area contributed by atoms with Crippen LogP contribution in [0.15, 0.2) is 18.2 Å². The van der Waals surface area contributed by atoms with Crippen molar-refractivity contribution in [2.75, 3.05) is 23.9 Å². The van der Waals surface area contributed by atoms with Crippen molar-refractivity contribution in [3.8, 4) is 5.75 Å². The Morgan fingerprint density at radius 2 is 2.26 bits per heavy atom. The fraction of sp³-hybridized carbons (Fsp3) is 0.385. The van der Waals surface area contributed by atoms with Crippen molar-refractivity contribution in [2.45, 2.75) is 19.4 Å². The van der Waals surface area contributed by atoms with Gasteiger partial charge in [0.05, 0.1) is 37.6 Å². The lowest BCUT2D eigenvalue weighted by atomic mass is 10.2. The van der Waals surface area contributed by atoms with E-state index in [1.54, 1.807) is 18.2 Å². The van der Waals surface area contributed by atoms with Gasteiger partial charge >= 0.3 is 0 Å². The number of carbonyl (C=O) groups is 2. The van der Waals surface area contributed by atoms with Crippen LogP contribution in [0.5, 0.6) is 5.75 Å². The van der Waals surface area contributed by atoms with E-state index in [1.165, 1.54) is 18.9 Å². The first-order valence-corrected chi connectivity index (χ1v) is 5.95. The van der Waals surface area contributed by atoms with Gasteiger partial charge in [0.15, 0.2) is 0 Å². The Hall–Kier alpha value is -2.08. The van der Waals surface area contributed by atoms with E-state index in [4.69, 9.17) is 4.74 Å². The summed E-state index contributed by atoms with van der Waals surface area (Å²) < 4.78 is 5.12. The van der Waals surface area contributed by atoms with Gasteiger partial charge in [-0.1, -0.05) is 0 Å². The summed E-state index contributed by atoms with van der Waals surface area (Å²) in [6, 6.07) is 5.04. The first-order valence-electron chi connectivity index (χ1n) is 5.95. The molecule has 6 heteroatoms. The number of anilines is 2. The average molecular weight is 264 g/mol. The van der Waals surface area contributed by atoms with Crippen molar-refractivity contribution in [3.05, 3.63) is 18.2 Å². The van der Waals surface area contributed by atoms with E-state index in [1.807, 2.05) is 0 Å². The van der Waals surface area contributed by atoms with Crippen molar-refractivity contribution < 1.29 is 19.4 Å². The third-order valence-corrected chi connectivity index (χ3v) is 2.91. The Balaban J connectivity index is 2.40. The molecule has 1 aromatic rings. The molecule has 1 aromatic carbocycles. The lowest BCUT2D eigenvalue weighted by Gasteiger charge is -2.20. The SMILES string of the molecule is COc1ccc(NC(C)=O)c(N2CC(O)CC2=O)c1. The van der Waals surface area contributed by atoms with Crippen LogP contribution >= 0.6 is 0 Å². The minimum atomic E-state index is -0.677. The van der Waals surface area contributed by atoms with E-state index < -0.39 is 6.10 Å². The van der Waals surface area contributed by atoms with Crippen molar-refractivity contribution in [2.24, 2.45) is 0 Å². The molecule has 1 saturated heterocycles. The molecule has 2 rings (SSSR count). The Bertz CT molecular complexity index is 515. The summed E-state index contributed by atoms with van der Waals surface area (Å²) >= 11 is 0. The van der Waals surface area contributed by atoms with Gasteiger partial charge in [-0.05, 0) is 12.1 Å². The summed E-state index contributed by atoms with van der Waals surface area (Å²) in [6.45, 7) is 1.62. The van der Waals surface area contributed by atoms with E-state index in [2.05, 4.69) is 5.32 Å². The van der Waals surface area contributed by atoms with Gasteiger partial charge in [-0.3, -0.25) is 9.59 Å². The molecule has 6 nitrogen and oxygen atoms in total. The average Bonchev–Trinajstić information content (AvgIpc) is 2.68. The third-order valence-electron chi connectivity index (χ3n) is 2.91. The Kier molecular flexibility index (Phi) is 3.71. The van der Waals surface area contributed by atoms with Gasteiger partial charge in [0.25, 0.3) is 0 Å². The molecule has 102 valence electrons. The zero-order valence-corrected chi connectivity index (χ0v) is 10.8. The molecule has 2 N–H and O–H groups in total. The van der Waals surface area contributed by atoms with Gasteiger partial charge in [-0.15, -0.1) is 0 Å². The number of methoxy groups -OCH3 is 1. The van der Waals surface area contributed by atoms with Crippen LogP contribution in [0.25, 0.3) is 0 Å². The Labute approximate surface area is 111 Å². The molecule has 1 heterocycles. The predicted molar refractivity (Wildman–Crippen MR) is 70.3 cm³/mol. The molecule has 0 bridgehead atoms. The number of amides is 2. The van der Waals surface area contributed by atoms with Gasteiger partial charge in [-0.2, -0.15) is 0 Å². The minimum Gasteiger partial charge on any atom is -0.497 e. The first kappa shape index (κ1) is 13.4. The highest BCUT2D eigenvalue weighted by atomic mass is 16.5. The molecule has 1 aliphatic rings. The van der Waals surface area contributed by atoms with E-state index in [-0.39, 0.29) is 24.8 Å². The predicted octanol–water partition coefficient (Wildman–Crippen LogP) is 0.751. The van der Waals surface area contributed by atoms with Crippen molar-refractivity contribution in [3.63, 3.8) is 0 Å². The number of nitrogens with one attached hydrogen (secondary N) is 1. The molecule has 1 unspecified atom stereocenters. The normalized spacial score (nSPS) is 18.6. The number of carbonyl (C=O) groups excluding carboxylic acids is 2. The maximum atomic E-state index is 11.8. The second-order valence-electron chi connectivity index (χ2n) is 4.43. The largest absolute Gasteiger partial charge is 0.497 e. The fourth-order valence-electron chi connectivity index (χ4n) is 2.08. The number of ether oxygens (including phenoxy) is 1. The molecule has 0 saturated carbocycles. The monoisotopic (exact) mass is 264 g/mol. The summed E-state index contributed by atoms with van der Waals surface area (Å²) in [4.78, 5) is 24.5. The number of nitrogens with zero attached hydrogens (tertiary/aromatic N) is 1. The maximum Gasteiger partial charge on any atom is 0.229 e. The van der Waals surface area contributed by atoms with Crippen molar-refractivity contribution in [1.82, 2.24) is 0 Å². The fourth-order valence-corrected chi connectivity index (χ4v) is 2.08. The molecule has 0 aromatic heterocycles. The maximum absolute atomic E-state index is 11.8. The van der Waals surface area contributed by atoms with Crippen LogP contribution in [0.2, 0.25) is 0 Å². The van der Waals surface area contributed by atoms with Gasteiger partial charge in [-0.25, -0.2) is 0 Å². The van der Waals surface area contributed by atoms with Crippen LogP contribution in [-0.2, 0) is 9.59 Å². The molecule has 1 fully saturated rings. The summed E-state index contributed by atoms with van der Waals surface area (Å²) in [7, 11) is 1.53. The smallest absolute Gasteiger partial charge is 0.229 e. The second kappa shape index (κ2) is 5.27. The summed E-state index contributed by atoms with van der Waals surface area (Å²) in [5, 5.41) is 12.2. The number of β-amino-alcohol motifs (C(OH)–C–C–N with tert-alkyl or cyclic N) is 1. The van der Waals surface area contributed by atoms with E-state index in [9.17, 15) is 14.7 Å². The highest BCUT2D eigenvalue weighted by molar-refractivity contribution is 6.02. The van der Waals surface area contributed by atoms with Crippen LogP contribution in [0.4, 0.5) is 11.4 Å². The minimum absolute atomic E-state index is 0.0940. The Morgan fingerprint density at radius 1 is 1.53 bits per heavy atom. The molecule has 0 spiro atoms. The van der Waals surface area contributed by atoms with E-state index >= 15 is 0 Å². The number of hydrogen-bond acceptors (Lipinski definition) is 4. The zero-order valence-electron chi connectivity index (χ0n) is 10.8. The molecule has 1 atom stereocenters.